The van der Waals surface area contributed by atoms with Gasteiger partial charge in [0.1, 0.15) is 0 Å². The van der Waals surface area contributed by atoms with Crippen LogP contribution in [0.3, 0.4) is 0 Å². The van der Waals surface area contributed by atoms with Gasteiger partial charge in [-0.3, -0.25) is 9.48 Å². The Hall–Kier alpha value is -2.14. The Labute approximate surface area is 143 Å². The molecule has 0 aliphatic carbocycles. The molecule has 3 rings (SSSR count). The van der Waals surface area contributed by atoms with Crippen molar-refractivity contribution in [2.75, 3.05) is 26.2 Å². The Morgan fingerprint density at radius 3 is 2.92 bits per heavy atom. The quantitative estimate of drug-likeness (QED) is 0.846. The molecule has 1 aromatic heterocycles. The van der Waals surface area contributed by atoms with Gasteiger partial charge in [-0.1, -0.05) is 30.3 Å². The minimum absolute atomic E-state index is 0.123. The summed E-state index contributed by atoms with van der Waals surface area (Å²) in [5.74, 6) is 0.755. The largest absolute Gasteiger partial charge is 0.355 e. The molecule has 0 unspecified atom stereocenters. The van der Waals surface area contributed by atoms with E-state index in [9.17, 15) is 4.79 Å². The standard InChI is InChI=1S/C19H26N4O/c1-22-14-16(13-21-22)7-8-19(24)20-10-12-23-11-9-18(15-23)17-5-3-2-4-6-17/h2-6,13-14,18H,7-12,15H2,1H3,(H,20,24)/t18-/m0/s1. The minimum atomic E-state index is 0.123. The van der Waals surface area contributed by atoms with Gasteiger partial charge in [0.2, 0.25) is 5.91 Å². The summed E-state index contributed by atoms with van der Waals surface area (Å²) in [6, 6.07) is 10.7. The van der Waals surface area contributed by atoms with Crippen molar-refractivity contribution in [3.63, 3.8) is 0 Å². The highest BCUT2D eigenvalue weighted by molar-refractivity contribution is 5.76. The Bertz CT molecular complexity index is 652. The van der Waals surface area contributed by atoms with Crippen LogP contribution in [-0.2, 0) is 18.3 Å². The fourth-order valence-electron chi connectivity index (χ4n) is 3.33. The molecule has 0 bridgehead atoms. The van der Waals surface area contributed by atoms with E-state index in [0.29, 0.717) is 12.3 Å². The number of aryl methyl sites for hydroxylation is 2. The molecular formula is C19H26N4O. The van der Waals surface area contributed by atoms with E-state index in [-0.39, 0.29) is 5.91 Å². The van der Waals surface area contributed by atoms with E-state index in [1.54, 1.807) is 4.68 Å². The molecule has 0 spiro atoms. The molecule has 2 aromatic rings. The van der Waals surface area contributed by atoms with E-state index in [1.807, 2.05) is 19.4 Å². The highest BCUT2D eigenvalue weighted by Gasteiger charge is 2.23. The van der Waals surface area contributed by atoms with Crippen molar-refractivity contribution >= 4 is 5.91 Å². The lowest BCUT2D eigenvalue weighted by Gasteiger charge is -2.16. The maximum absolute atomic E-state index is 11.9. The van der Waals surface area contributed by atoms with Crippen LogP contribution >= 0.6 is 0 Å². The van der Waals surface area contributed by atoms with Crippen LogP contribution in [0.5, 0.6) is 0 Å². The molecule has 1 aliphatic heterocycles. The number of nitrogens with one attached hydrogen (secondary N) is 1. The van der Waals surface area contributed by atoms with Gasteiger partial charge in [-0.15, -0.1) is 0 Å². The van der Waals surface area contributed by atoms with E-state index in [4.69, 9.17) is 0 Å². The average molecular weight is 326 g/mol. The number of carbonyl (C=O) groups excluding carboxylic acids is 1. The number of likely N-dealkylation sites (tertiary alicyclic amines) is 1. The number of amides is 1. The first-order chi connectivity index (χ1) is 11.7. The zero-order valence-corrected chi connectivity index (χ0v) is 14.3. The molecular weight excluding hydrogens is 300 g/mol. The van der Waals surface area contributed by atoms with Crippen LogP contribution in [0.25, 0.3) is 0 Å². The summed E-state index contributed by atoms with van der Waals surface area (Å²) in [6.45, 7) is 3.87. The van der Waals surface area contributed by atoms with Gasteiger partial charge >= 0.3 is 0 Å². The van der Waals surface area contributed by atoms with Crippen molar-refractivity contribution in [2.24, 2.45) is 7.05 Å². The van der Waals surface area contributed by atoms with E-state index in [0.717, 1.165) is 38.2 Å². The molecule has 128 valence electrons. The second kappa shape index (κ2) is 8.11. The van der Waals surface area contributed by atoms with Crippen molar-refractivity contribution in [1.82, 2.24) is 20.0 Å². The van der Waals surface area contributed by atoms with Crippen molar-refractivity contribution in [2.45, 2.75) is 25.2 Å². The van der Waals surface area contributed by atoms with Crippen LogP contribution in [0.2, 0.25) is 0 Å². The van der Waals surface area contributed by atoms with E-state index in [2.05, 4.69) is 45.6 Å². The van der Waals surface area contributed by atoms with E-state index < -0.39 is 0 Å². The fourth-order valence-corrected chi connectivity index (χ4v) is 3.33. The van der Waals surface area contributed by atoms with Gasteiger partial charge in [0, 0.05) is 39.3 Å². The van der Waals surface area contributed by atoms with Gasteiger partial charge in [-0.05, 0) is 36.4 Å². The van der Waals surface area contributed by atoms with Gasteiger partial charge in [0.05, 0.1) is 6.20 Å². The fraction of sp³-hybridized carbons (Fsp3) is 0.474. The van der Waals surface area contributed by atoms with Gasteiger partial charge in [-0.25, -0.2) is 0 Å². The number of carbonyl (C=O) groups is 1. The summed E-state index contributed by atoms with van der Waals surface area (Å²) in [6.07, 6.45) is 6.26. The molecule has 1 amide bonds. The first kappa shape index (κ1) is 16.7. The first-order valence-corrected chi connectivity index (χ1v) is 8.72. The predicted molar refractivity (Wildman–Crippen MR) is 94.8 cm³/mol. The second-order valence-electron chi connectivity index (χ2n) is 6.57. The summed E-state index contributed by atoms with van der Waals surface area (Å²) in [5.41, 5.74) is 2.54. The predicted octanol–water partition coefficient (Wildman–Crippen LogP) is 1.96. The third-order valence-electron chi connectivity index (χ3n) is 4.69. The van der Waals surface area contributed by atoms with Crippen molar-refractivity contribution in [3.8, 4) is 0 Å². The van der Waals surface area contributed by atoms with Gasteiger partial charge in [-0.2, -0.15) is 5.10 Å². The second-order valence-corrected chi connectivity index (χ2v) is 6.57. The summed E-state index contributed by atoms with van der Waals surface area (Å²) in [7, 11) is 1.89. The topological polar surface area (TPSA) is 50.2 Å². The number of benzene rings is 1. The smallest absolute Gasteiger partial charge is 0.220 e. The first-order valence-electron chi connectivity index (χ1n) is 8.72. The molecule has 1 N–H and O–H groups in total. The molecule has 5 heteroatoms. The zero-order chi connectivity index (χ0) is 16.8. The van der Waals surface area contributed by atoms with E-state index >= 15 is 0 Å². The molecule has 1 atom stereocenters. The van der Waals surface area contributed by atoms with Gasteiger partial charge in [0.15, 0.2) is 0 Å². The van der Waals surface area contributed by atoms with Crippen molar-refractivity contribution in [3.05, 3.63) is 53.9 Å². The molecule has 1 aromatic carbocycles. The normalized spacial score (nSPS) is 18.0. The van der Waals surface area contributed by atoms with Crippen LogP contribution in [-0.4, -0.2) is 46.8 Å². The highest BCUT2D eigenvalue weighted by Crippen LogP contribution is 2.26. The zero-order valence-electron chi connectivity index (χ0n) is 14.3. The van der Waals surface area contributed by atoms with Crippen LogP contribution in [0, 0.1) is 0 Å². The number of hydrogen-bond donors (Lipinski definition) is 1. The monoisotopic (exact) mass is 326 g/mol. The molecule has 1 fully saturated rings. The van der Waals surface area contributed by atoms with Crippen LogP contribution in [0.4, 0.5) is 0 Å². The number of rotatable bonds is 7. The van der Waals surface area contributed by atoms with Gasteiger partial charge < -0.3 is 10.2 Å². The van der Waals surface area contributed by atoms with E-state index in [1.165, 1.54) is 12.0 Å². The summed E-state index contributed by atoms with van der Waals surface area (Å²) in [4.78, 5) is 14.4. The Kier molecular flexibility index (Phi) is 5.64. The molecule has 2 heterocycles. The van der Waals surface area contributed by atoms with Crippen molar-refractivity contribution in [1.29, 1.82) is 0 Å². The summed E-state index contributed by atoms with van der Waals surface area (Å²) >= 11 is 0. The minimum Gasteiger partial charge on any atom is -0.355 e. The molecule has 0 radical (unpaired) electrons. The Balaban J connectivity index is 1.33. The van der Waals surface area contributed by atoms with Gasteiger partial charge in [0.25, 0.3) is 0 Å². The summed E-state index contributed by atoms with van der Waals surface area (Å²) < 4.78 is 1.77. The Morgan fingerprint density at radius 1 is 1.33 bits per heavy atom. The maximum Gasteiger partial charge on any atom is 0.220 e. The van der Waals surface area contributed by atoms with Crippen molar-refractivity contribution < 1.29 is 4.79 Å². The number of hydrogen-bond acceptors (Lipinski definition) is 3. The molecule has 1 saturated heterocycles. The Morgan fingerprint density at radius 2 is 2.17 bits per heavy atom. The maximum atomic E-state index is 11.9. The highest BCUT2D eigenvalue weighted by atomic mass is 16.1. The lowest BCUT2D eigenvalue weighted by atomic mass is 9.99. The number of nitrogens with zero attached hydrogens (tertiary/aromatic N) is 3. The average Bonchev–Trinajstić information content (AvgIpc) is 3.23. The lowest BCUT2D eigenvalue weighted by Crippen LogP contribution is -2.33. The number of aromatic nitrogens is 2. The summed E-state index contributed by atoms with van der Waals surface area (Å²) in [5, 5.41) is 7.15. The lowest BCUT2D eigenvalue weighted by molar-refractivity contribution is -0.121. The SMILES string of the molecule is Cn1cc(CCC(=O)NCCN2CC[C@H](c3ccccc3)C2)cn1. The molecule has 5 nitrogen and oxygen atoms in total. The van der Waals surface area contributed by atoms with Crippen LogP contribution < -0.4 is 5.32 Å². The molecule has 1 aliphatic rings. The molecule has 0 saturated carbocycles. The molecule has 24 heavy (non-hydrogen) atoms. The third kappa shape index (κ3) is 4.68. The van der Waals surface area contributed by atoms with Crippen LogP contribution in [0.15, 0.2) is 42.7 Å². The third-order valence-corrected chi connectivity index (χ3v) is 4.69. The van der Waals surface area contributed by atoms with Crippen LogP contribution in [0.1, 0.15) is 29.9 Å².